The van der Waals surface area contributed by atoms with E-state index in [1.807, 2.05) is 0 Å². The van der Waals surface area contributed by atoms with Crippen LogP contribution in [0.2, 0.25) is 0 Å². The number of amides is 1. The number of rotatable bonds is 7. The first kappa shape index (κ1) is 21.9. The average Bonchev–Trinajstić information content (AvgIpc) is 2.85. The van der Waals surface area contributed by atoms with E-state index in [4.69, 9.17) is 5.41 Å². The molecule has 0 bridgehead atoms. The lowest BCUT2D eigenvalue weighted by molar-refractivity contribution is 0.0937. The molecular weight excluding hydrogens is 417 g/mol. The molecular formula is C27H22FN3O2. The molecule has 0 saturated heterocycles. The van der Waals surface area contributed by atoms with Gasteiger partial charge < -0.3 is 15.8 Å². The van der Waals surface area contributed by atoms with E-state index in [1.54, 1.807) is 91.3 Å². The molecule has 0 fully saturated rings. The normalized spacial score (nSPS) is 11.5. The number of aromatic nitrogens is 1. The number of hydrogen-bond acceptors (Lipinski definition) is 4. The third-order valence-corrected chi connectivity index (χ3v) is 5.35. The second-order valence-electron chi connectivity index (χ2n) is 7.57. The molecule has 0 spiro atoms. The summed E-state index contributed by atoms with van der Waals surface area (Å²) in [6.07, 6.45) is 3.37. The lowest BCUT2D eigenvalue weighted by Gasteiger charge is -2.21. The zero-order valence-electron chi connectivity index (χ0n) is 17.7. The number of phenolic OH excluding ortho intramolecular Hbond substituents is 1. The fraction of sp³-hybridized carbons (Fsp3) is 0.0741. The quantitative estimate of drug-likeness (QED) is 0.331. The number of nitrogens with one attached hydrogen (secondary N) is 2. The van der Waals surface area contributed by atoms with Crippen molar-refractivity contribution in [2.24, 2.45) is 0 Å². The fourth-order valence-corrected chi connectivity index (χ4v) is 3.65. The van der Waals surface area contributed by atoms with E-state index in [-0.39, 0.29) is 29.6 Å². The van der Waals surface area contributed by atoms with Crippen molar-refractivity contribution in [3.63, 3.8) is 0 Å². The largest absolute Gasteiger partial charge is 0.508 e. The molecule has 6 heteroatoms. The Labute approximate surface area is 191 Å². The molecule has 1 unspecified atom stereocenters. The number of carbonyl (C=O) groups is 1. The topological polar surface area (TPSA) is 86.1 Å². The highest BCUT2D eigenvalue weighted by molar-refractivity contribution is 6.00. The Balaban J connectivity index is 1.62. The molecule has 5 nitrogen and oxygen atoms in total. The highest BCUT2D eigenvalue weighted by Gasteiger charge is 2.21. The number of nitrogens with zero attached hydrogens (tertiary/aromatic N) is 1. The van der Waals surface area contributed by atoms with Gasteiger partial charge in [0.1, 0.15) is 11.6 Å². The number of carbonyl (C=O) groups excluding carboxylic acids is 1. The Morgan fingerprint density at radius 3 is 2.48 bits per heavy atom. The van der Waals surface area contributed by atoms with Crippen molar-refractivity contribution in [2.75, 3.05) is 0 Å². The van der Waals surface area contributed by atoms with Gasteiger partial charge in [-0.15, -0.1) is 0 Å². The molecule has 1 atom stereocenters. The zero-order valence-corrected chi connectivity index (χ0v) is 17.7. The van der Waals surface area contributed by atoms with Crippen LogP contribution in [-0.4, -0.2) is 21.7 Å². The summed E-state index contributed by atoms with van der Waals surface area (Å²) in [5, 5.41) is 21.8. The second kappa shape index (κ2) is 9.87. The lowest BCUT2D eigenvalue weighted by Crippen LogP contribution is -2.30. The Morgan fingerprint density at radius 2 is 1.73 bits per heavy atom. The number of aromatic hydroxyl groups is 1. The number of phenols is 1. The predicted molar refractivity (Wildman–Crippen MR) is 126 cm³/mol. The van der Waals surface area contributed by atoms with Gasteiger partial charge in [0.05, 0.1) is 6.04 Å². The SMILES string of the molecule is N=C(CC(NC(=O)c1cccc(-c2ccccc2F)c1)c1ccccc1O)c1cccnc1. The number of hydrogen-bond donors (Lipinski definition) is 3. The van der Waals surface area contributed by atoms with E-state index in [1.165, 1.54) is 6.07 Å². The minimum absolute atomic E-state index is 0.0295. The van der Waals surface area contributed by atoms with E-state index < -0.39 is 6.04 Å². The number of benzene rings is 3. The van der Waals surface area contributed by atoms with Crippen LogP contribution in [0, 0.1) is 11.2 Å². The van der Waals surface area contributed by atoms with Crippen molar-refractivity contribution in [3.05, 3.63) is 120 Å². The van der Waals surface area contributed by atoms with Gasteiger partial charge >= 0.3 is 0 Å². The Bertz CT molecular complexity index is 1290. The monoisotopic (exact) mass is 439 g/mol. The molecule has 3 N–H and O–H groups in total. The molecule has 4 aromatic rings. The summed E-state index contributed by atoms with van der Waals surface area (Å²) in [7, 11) is 0. The minimum Gasteiger partial charge on any atom is -0.508 e. The van der Waals surface area contributed by atoms with Gasteiger partial charge in [-0.25, -0.2) is 4.39 Å². The molecule has 1 heterocycles. The van der Waals surface area contributed by atoms with Crippen LogP contribution < -0.4 is 5.32 Å². The van der Waals surface area contributed by atoms with Gasteiger partial charge in [-0.2, -0.15) is 0 Å². The Hall–Kier alpha value is -4.32. The van der Waals surface area contributed by atoms with Crippen LogP contribution in [0.3, 0.4) is 0 Å². The van der Waals surface area contributed by atoms with Crippen molar-refractivity contribution in [1.82, 2.24) is 10.3 Å². The number of para-hydroxylation sites is 1. The third kappa shape index (κ3) is 5.13. The average molecular weight is 439 g/mol. The van der Waals surface area contributed by atoms with Gasteiger partial charge in [0.15, 0.2) is 0 Å². The molecule has 164 valence electrons. The van der Waals surface area contributed by atoms with Gasteiger partial charge in [-0.05, 0) is 35.9 Å². The van der Waals surface area contributed by atoms with E-state index in [2.05, 4.69) is 10.3 Å². The van der Waals surface area contributed by atoms with E-state index in [0.29, 0.717) is 27.8 Å². The maximum absolute atomic E-state index is 14.2. The molecule has 0 aliphatic rings. The first-order valence-corrected chi connectivity index (χ1v) is 10.4. The molecule has 33 heavy (non-hydrogen) atoms. The summed E-state index contributed by atoms with van der Waals surface area (Å²) >= 11 is 0. The fourth-order valence-electron chi connectivity index (χ4n) is 3.65. The maximum Gasteiger partial charge on any atom is 0.251 e. The van der Waals surface area contributed by atoms with E-state index >= 15 is 0 Å². The molecule has 0 aliphatic heterocycles. The zero-order chi connectivity index (χ0) is 23.2. The molecule has 0 saturated carbocycles. The van der Waals surface area contributed by atoms with Gasteiger partial charge in [-0.3, -0.25) is 9.78 Å². The summed E-state index contributed by atoms with van der Waals surface area (Å²) < 4.78 is 14.2. The van der Waals surface area contributed by atoms with Crippen LogP contribution in [0.15, 0.2) is 97.3 Å². The summed E-state index contributed by atoms with van der Waals surface area (Å²) in [5.74, 6) is -0.727. The van der Waals surface area contributed by atoms with Crippen LogP contribution in [0.1, 0.15) is 33.9 Å². The minimum atomic E-state index is -0.650. The molecule has 0 radical (unpaired) electrons. The summed E-state index contributed by atoms with van der Waals surface area (Å²) in [5.41, 5.74) is 2.75. The first-order valence-electron chi connectivity index (χ1n) is 10.4. The van der Waals surface area contributed by atoms with Crippen molar-refractivity contribution in [1.29, 1.82) is 5.41 Å². The van der Waals surface area contributed by atoms with Gasteiger partial charge in [-0.1, -0.05) is 54.6 Å². The molecule has 3 aromatic carbocycles. The van der Waals surface area contributed by atoms with Gasteiger partial charge in [0.2, 0.25) is 0 Å². The predicted octanol–water partition coefficient (Wildman–Crippen LogP) is 5.52. The van der Waals surface area contributed by atoms with Crippen LogP contribution in [0.5, 0.6) is 5.75 Å². The summed E-state index contributed by atoms with van der Waals surface area (Å²) in [6.45, 7) is 0. The Kier molecular flexibility index (Phi) is 6.55. The smallest absolute Gasteiger partial charge is 0.251 e. The third-order valence-electron chi connectivity index (χ3n) is 5.35. The number of halogens is 1. The van der Waals surface area contributed by atoms with E-state index in [0.717, 1.165) is 0 Å². The van der Waals surface area contributed by atoms with Crippen molar-refractivity contribution in [2.45, 2.75) is 12.5 Å². The number of pyridine rings is 1. The lowest BCUT2D eigenvalue weighted by atomic mass is 9.96. The summed E-state index contributed by atoms with van der Waals surface area (Å²) in [6, 6.07) is 22.7. The van der Waals surface area contributed by atoms with Crippen LogP contribution in [0.25, 0.3) is 11.1 Å². The van der Waals surface area contributed by atoms with Crippen LogP contribution >= 0.6 is 0 Å². The highest BCUT2D eigenvalue weighted by atomic mass is 19.1. The van der Waals surface area contributed by atoms with E-state index in [9.17, 15) is 14.3 Å². The highest BCUT2D eigenvalue weighted by Crippen LogP contribution is 2.28. The van der Waals surface area contributed by atoms with Crippen molar-refractivity contribution >= 4 is 11.6 Å². The van der Waals surface area contributed by atoms with Gasteiger partial charge in [0, 0.05) is 46.8 Å². The maximum atomic E-state index is 14.2. The summed E-state index contributed by atoms with van der Waals surface area (Å²) in [4.78, 5) is 17.2. The molecule has 4 rings (SSSR count). The van der Waals surface area contributed by atoms with Gasteiger partial charge in [0.25, 0.3) is 5.91 Å². The second-order valence-corrected chi connectivity index (χ2v) is 7.57. The van der Waals surface area contributed by atoms with Crippen molar-refractivity contribution in [3.8, 4) is 16.9 Å². The van der Waals surface area contributed by atoms with Crippen LogP contribution in [0.4, 0.5) is 4.39 Å². The van der Waals surface area contributed by atoms with Crippen LogP contribution in [-0.2, 0) is 0 Å². The molecule has 0 aliphatic carbocycles. The molecule has 1 aromatic heterocycles. The Morgan fingerprint density at radius 1 is 0.970 bits per heavy atom. The molecule has 1 amide bonds. The van der Waals surface area contributed by atoms with Crippen molar-refractivity contribution < 1.29 is 14.3 Å². The first-order chi connectivity index (χ1) is 16.0. The standard InChI is InChI=1S/C27H22FN3O2/c28-23-12-3-1-10-21(23)18-7-5-8-19(15-18)27(33)31-25(22-11-2-4-13-26(22)32)16-24(29)20-9-6-14-30-17-20/h1-15,17,25,29,32H,16H2,(H,31,33).